The van der Waals surface area contributed by atoms with E-state index in [-0.39, 0.29) is 12.5 Å². The van der Waals surface area contributed by atoms with Crippen molar-refractivity contribution in [3.05, 3.63) is 35.9 Å². The monoisotopic (exact) mass is 222 g/mol. The molecule has 1 N–H and O–H groups in total. The number of esters is 1. The zero-order valence-corrected chi connectivity index (χ0v) is 9.72. The first-order valence-electron chi connectivity index (χ1n) is 5.53. The normalized spacial score (nSPS) is 14.2. The first-order chi connectivity index (χ1) is 7.65. The predicted octanol–water partition coefficient (Wildman–Crippen LogP) is 2.14. The lowest BCUT2D eigenvalue weighted by molar-refractivity contribution is -0.157. The summed E-state index contributed by atoms with van der Waals surface area (Å²) in [5.74, 6) is -0.610. The molecule has 1 rings (SSSR count). The summed E-state index contributed by atoms with van der Waals surface area (Å²) in [6.45, 7) is 3.97. The number of hydrogen-bond donors (Lipinski definition) is 1. The van der Waals surface area contributed by atoms with E-state index in [0.717, 1.165) is 12.0 Å². The van der Waals surface area contributed by atoms with Crippen molar-refractivity contribution in [3.63, 3.8) is 0 Å². The van der Waals surface area contributed by atoms with Crippen LogP contribution in [0.5, 0.6) is 0 Å². The lowest BCUT2D eigenvalue weighted by Crippen LogP contribution is -2.29. The standard InChI is InChI=1S/C13H18O3/c1-3-10(2)12(14)13(15)16-9-11-7-5-4-6-8-11/h4-8,10,12,14H,3,9H2,1-2H3/t10-,12-/m0/s1. The second-order valence-corrected chi connectivity index (χ2v) is 3.92. The van der Waals surface area contributed by atoms with Crippen LogP contribution in [0, 0.1) is 5.92 Å². The molecule has 0 saturated carbocycles. The highest BCUT2D eigenvalue weighted by Gasteiger charge is 2.22. The van der Waals surface area contributed by atoms with Gasteiger partial charge in [0.25, 0.3) is 0 Å². The summed E-state index contributed by atoms with van der Waals surface area (Å²) in [5.41, 5.74) is 0.923. The molecule has 0 unspecified atom stereocenters. The maximum absolute atomic E-state index is 11.4. The molecule has 1 aromatic carbocycles. The number of carbonyl (C=O) groups excluding carboxylic acids is 1. The average Bonchev–Trinajstić information content (AvgIpc) is 2.35. The fourth-order valence-electron chi connectivity index (χ4n) is 1.27. The number of aliphatic hydroxyl groups excluding tert-OH is 1. The highest BCUT2D eigenvalue weighted by molar-refractivity contribution is 5.74. The Morgan fingerprint density at radius 2 is 2.00 bits per heavy atom. The van der Waals surface area contributed by atoms with Gasteiger partial charge in [-0.1, -0.05) is 50.6 Å². The fourth-order valence-corrected chi connectivity index (χ4v) is 1.27. The number of benzene rings is 1. The van der Waals surface area contributed by atoms with Crippen molar-refractivity contribution in [2.75, 3.05) is 0 Å². The van der Waals surface area contributed by atoms with Gasteiger partial charge in [0.2, 0.25) is 0 Å². The van der Waals surface area contributed by atoms with Crippen molar-refractivity contribution in [3.8, 4) is 0 Å². The largest absolute Gasteiger partial charge is 0.459 e. The molecule has 0 spiro atoms. The highest BCUT2D eigenvalue weighted by Crippen LogP contribution is 2.10. The van der Waals surface area contributed by atoms with Crippen LogP contribution < -0.4 is 0 Å². The van der Waals surface area contributed by atoms with Crippen LogP contribution in [0.15, 0.2) is 30.3 Å². The van der Waals surface area contributed by atoms with Gasteiger partial charge in [-0.2, -0.15) is 0 Å². The van der Waals surface area contributed by atoms with Gasteiger partial charge >= 0.3 is 5.97 Å². The Labute approximate surface area is 96.1 Å². The van der Waals surface area contributed by atoms with Gasteiger partial charge in [0.15, 0.2) is 6.10 Å². The molecule has 0 saturated heterocycles. The molecular weight excluding hydrogens is 204 g/mol. The Morgan fingerprint density at radius 3 is 2.56 bits per heavy atom. The van der Waals surface area contributed by atoms with E-state index in [9.17, 15) is 9.90 Å². The minimum absolute atomic E-state index is 0.0664. The molecule has 2 atom stereocenters. The third-order valence-electron chi connectivity index (χ3n) is 2.65. The lowest BCUT2D eigenvalue weighted by atomic mass is 10.0. The molecule has 1 aromatic rings. The zero-order chi connectivity index (χ0) is 12.0. The van der Waals surface area contributed by atoms with Crippen LogP contribution in [-0.4, -0.2) is 17.2 Å². The number of hydrogen-bond acceptors (Lipinski definition) is 3. The molecule has 0 aliphatic rings. The highest BCUT2D eigenvalue weighted by atomic mass is 16.5. The van der Waals surface area contributed by atoms with E-state index in [1.165, 1.54) is 0 Å². The minimum Gasteiger partial charge on any atom is -0.459 e. The van der Waals surface area contributed by atoms with E-state index in [4.69, 9.17) is 4.74 Å². The molecule has 16 heavy (non-hydrogen) atoms. The van der Waals surface area contributed by atoms with Gasteiger partial charge in [0.1, 0.15) is 6.61 Å². The first-order valence-corrected chi connectivity index (χ1v) is 5.53. The van der Waals surface area contributed by atoms with Gasteiger partial charge in [-0.15, -0.1) is 0 Å². The van der Waals surface area contributed by atoms with Crippen LogP contribution in [0.2, 0.25) is 0 Å². The van der Waals surface area contributed by atoms with E-state index < -0.39 is 12.1 Å². The number of rotatable bonds is 5. The SMILES string of the molecule is CC[C@H](C)[C@H](O)C(=O)OCc1ccccc1. The van der Waals surface area contributed by atoms with Gasteiger partial charge in [-0.25, -0.2) is 4.79 Å². The van der Waals surface area contributed by atoms with E-state index >= 15 is 0 Å². The molecule has 3 heteroatoms. The lowest BCUT2D eigenvalue weighted by Gasteiger charge is -2.15. The van der Waals surface area contributed by atoms with Crippen molar-refractivity contribution in [2.45, 2.75) is 33.0 Å². The Kier molecular flexibility index (Phi) is 4.99. The van der Waals surface area contributed by atoms with Crippen LogP contribution in [0.4, 0.5) is 0 Å². The summed E-state index contributed by atoms with van der Waals surface area (Å²) in [6, 6.07) is 9.42. The zero-order valence-electron chi connectivity index (χ0n) is 9.72. The van der Waals surface area contributed by atoms with Crippen molar-refractivity contribution in [1.29, 1.82) is 0 Å². The topological polar surface area (TPSA) is 46.5 Å². The van der Waals surface area contributed by atoms with Crippen LogP contribution in [0.3, 0.4) is 0 Å². The molecule has 3 nitrogen and oxygen atoms in total. The van der Waals surface area contributed by atoms with Crippen LogP contribution >= 0.6 is 0 Å². The predicted molar refractivity (Wildman–Crippen MR) is 61.7 cm³/mol. The van der Waals surface area contributed by atoms with E-state index in [0.29, 0.717) is 0 Å². The first kappa shape index (κ1) is 12.7. The van der Waals surface area contributed by atoms with E-state index in [1.807, 2.05) is 44.2 Å². The molecule has 0 radical (unpaired) electrons. The summed E-state index contributed by atoms with van der Waals surface area (Å²) >= 11 is 0. The Morgan fingerprint density at radius 1 is 1.38 bits per heavy atom. The third-order valence-corrected chi connectivity index (χ3v) is 2.65. The molecule has 88 valence electrons. The smallest absolute Gasteiger partial charge is 0.335 e. The molecule has 0 amide bonds. The molecule has 0 aliphatic heterocycles. The third kappa shape index (κ3) is 3.66. The number of ether oxygens (including phenoxy) is 1. The molecule has 0 aliphatic carbocycles. The molecule has 0 heterocycles. The van der Waals surface area contributed by atoms with Gasteiger partial charge < -0.3 is 9.84 Å². The second kappa shape index (κ2) is 6.28. The van der Waals surface area contributed by atoms with Gasteiger partial charge in [-0.05, 0) is 11.5 Å². The quantitative estimate of drug-likeness (QED) is 0.776. The van der Waals surface area contributed by atoms with E-state index in [1.54, 1.807) is 0 Å². The van der Waals surface area contributed by atoms with Crippen LogP contribution in [0.25, 0.3) is 0 Å². The van der Waals surface area contributed by atoms with Crippen molar-refractivity contribution in [1.82, 2.24) is 0 Å². The molecular formula is C13H18O3. The summed E-state index contributed by atoms with van der Waals surface area (Å²) in [6.07, 6.45) is -0.268. The molecule has 0 bridgehead atoms. The van der Waals surface area contributed by atoms with Gasteiger partial charge in [0, 0.05) is 0 Å². The van der Waals surface area contributed by atoms with Crippen molar-refractivity contribution >= 4 is 5.97 Å². The van der Waals surface area contributed by atoms with Crippen molar-refractivity contribution in [2.24, 2.45) is 5.92 Å². The summed E-state index contributed by atoms with van der Waals surface area (Å²) in [4.78, 5) is 11.4. The number of aliphatic hydroxyl groups is 1. The minimum atomic E-state index is -1.02. The van der Waals surface area contributed by atoms with Crippen LogP contribution in [-0.2, 0) is 16.1 Å². The average molecular weight is 222 g/mol. The maximum Gasteiger partial charge on any atom is 0.335 e. The Bertz CT molecular complexity index is 321. The van der Waals surface area contributed by atoms with E-state index in [2.05, 4.69) is 0 Å². The number of carbonyl (C=O) groups is 1. The summed E-state index contributed by atoms with van der Waals surface area (Å²) in [5, 5.41) is 9.59. The maximum atomic E-state index is 11.4. The van der Waals surface area contributed by atoms with Gasteiger partial charge in [-0.3, -0.25) is 0 Å². The Hall–Kier alpha value is -1.35. The summed E-state index contributed by atoms with van der Waals surface area (Å²) in [7, 11) is 0. The molecule has 0 fully saturated rings. The molecule has 0 aromatic heterocycles. The second-order valence-electron chi connectivity index (χ2n) is 3.92. The van der Waals surface area contributed by atoms with Gasteiger partial charge in [0.05, 0.1) is 0 Å². The Balaban J connectivity index is 2.41. The van der Waals surface area contributed by atoms with Crippen LogP contribution in [0.1, 0.15) is 25.8 Å². The fraction of sp³-hybridized carbons (Fsp3) is 0.462. The van der Waals surface area contributed by atoms with Crippen molar-refractivity contribution < 1.29 is 14.6 Å². The summed E-state index contributed by atoms with van der Waals surface area (Å²) < 4.78 is 5.02.